The minimum absolute atomic E-state index is 0. The number of rotatable bonds is 4. The first-order valence-electron chi connectivity index (χ1n) is 16.7. The molecule has 256 valence electrons. The predicted molar refractivity (Wildman–Crippen MR) is 176 cm³/mol. The average Bonchev–Trinajstić information content (AvgIpc) is 3.56. The van der Waals surface area contributed by atoms with Crippen LogP contribution in [-0.4, -0.2) is 0 Å². The van der Waals surface area contributed by atoms with Crippen LogP contribution in [0.15, 0.2) is 0 Å². The summed E-state index contributed by atoms with van der Waals surface area (Å²) in [5.41, 5.74) is 0. The second-order valence-electron chi connectivity index (χ2n) is 11.4. The van der Waals surface area contributed by atoms with Crippen molar-refractivity contribution in [1.82, 2.24) is 0 Å². The van der Waals surface area contributed by atoms with E-state index in [2.05, 4.69) is 69.2 Å². The Balaban J connectivity index is -0.0000000489. The quantitative estimate of drug-likeness (QED) is 0.263. The summed E-state index contributed by atoms with van der Waals surface area (Å²) in [4.78, 5) is 0. The van der Waals surface area contributed by atoms with Gasteiger partial charge in [-0.2, -0.15) is 0 Å². The van der Waals surface area contributed by atoms with Crippen molar-refractivity contribution < 1.29 is 63.2 Å². The van der Waals surface area contributed by atoms with Crippen LogP contribution in [0.3, 0.4) is 0 Å². The van der Waals surface area contributed by atoms with Gasteiger partial charge in [0.2, 0.25) is 0 Å². The fourth-order valence-corrected chi connectivity index (χ4v) is 4.70. The van der Waals surface area contributed by atoms with Crippen molar-refractivity contribution >= 4 is 0 Å². The minimum Gasteiger partial charge on any atom is -0.0776 e. The zero-order chi connectivity index (χ0) is 28.1. The van der Waals surface area contributed by atoms with E-state index in [1.165, 1.54) is 96.3 Å². The minimum atomic E-state index is 0. The summed E-state index contributed by atoms with van der Waals surface area (Å²) in [5, 5.41) is 0. The van der Waals surface area contributed by atoms with Crippen LogP contribution in [0.25, 0.3) is 0 Å². The molecule has 0 aromatic carbocycles. The molecule has 0 aliphatic heterocycles. The number of hydrogen-bond acceptors (Lipinski definition) is 0. The molecule has 3 heteroatoms. The predicted octanol–water partition coefficient (Wildman–Crippen LogP) is 14.4. The summed E-state index contributed by atoms with van der Waals surface area (Å²) in [6.45, 7) is 31.0. The maximum Gasteiger partial charge on any atom is 0 e. The standard InChI is InChI=1S/3C7H14.2C5H12.2C2H6.CH4.3Pt/c3*1-6-4-3-5-7(6)2;2*1-3-5-4-2;2*1-2;;;;/h3*6-7H,3-5H2,1-2H3;2*3-5H2,1-2H3;2*1-2H3;1H4;;;. The molecule has 0 radical (unpaired) electrons. The molecule has 3 fully saturated rings. The van der Waals surface area contributed by atoms with Crippen LogP contribution in [0.1, 0.15) is 201 Å². The van der Waals surface area contributed by atoms with E-state index < -0.39 is 0 Å². The van der Waals surface area contributed by atoms with Crippen LogP contribution < -0.4 is 0 Å². The van der Waals surface area contributed by atoms with Crippen LogP contribution in [0.2, 0.25) is 0 Å². The molecule has 3 saturated carbocycles. The summed E-state index contributed by atoms with van der Waals surface area (Å²) in [6.07, 6.45) is 21.4. The third kappa shape index (κ3) is 44.6. The molecule has 0 nitrogen and oxygen atoms in total. The molecule has 6 unspecified atom stereocenters. The van der Waals surface area contributed by atoms with E-state index in [0.29, 0.717) is 0 Å². The molecule has 3 rings (SSSR count). The van der Waals surface area contributed by atoms with Crippen molar-refractivity contribution in [2.75, 3.05) is 0 Å². The Kier molecular flexibility index (Phi) is 76.9. The van der Waals surface area contributed by atoms with Gasteiger partial charge >= 0.3 is 0 Å². The zero-order valence-electron chi connectivity index (χ0n) is 29.0. The molecule has 0 spiro atoms. The molecule has 3 aliphatic carbocycles. The van der Waals surface area contributed by atoms with Crippen molar-refractivity contribution in [3.05, 3.63) is 0 Å². The summed E-state index contributed by atoms with van der Waals surface area (Å²) in [5.74, 6) is 6.08. The molecule has 0 aromatic heterocycles. The van der Waals surface area contributed by atoms with E-state index in [9.17, 15) is 0 Å². The molecule has 39 heavy (non-hydrogen) atoms. The van der Waals surface area contributed by atoms with Crippen LogP contribution in [0.4, 0.5) is 0 Å². The van der Waals surface area contributed by atoms with E-state index in [1.54, 1.807) is 0 Å². The molecule has 3 aliphatic rings. The Morgan fingerprint density at radius 3 is 0.513 bits per heavy atom. The molecule has 6 atom stereocenters. The Hall–Kier alpha value is 2.06. The van der Waals surface area contributed by atoms with Crippen molar-refractivity contribution in [2.45, 2.75) is 201 Å². The van der Waals surface area contributed by atoms with Gasteiger partial charge in [0, 0.05) is 63.2 Å². The Bertz CT molecular complexity index is 271. The summed E-state index contributed by atoms with van der Waals surface area (Å²) >= 11 is 0. The third-order valence-corrected chi connectivity index (χ3v) is 8.29. The fourth-order valence-electron chi connectivity index (χ4n) is 4.70. The molecule has 0 N–H and O–H groups in total. The molecular formula is C36H82Pt3. The molecule has 0 amide bonds. The Morgan fingerprint density at radius 2 is 0.487 bits per heavy atom. The molecular weight excluding hydrogens is 1020 g/mol. The van der Waals surface area contributed by atoms with Crippen molar-refractivity contribution in [2.24, 2.45) is 35.5 Å². The molecule has 0 aromatic rings. The Labute approximate surface area is 297 Å². The van der Waals surface area contributed by atoms with Crippen molar-refractivity contribution in [1.29, 1.82) is 0 Å². The zero-order valence-corrected chi connectivity index (χ0v) is 35.8. The monoisotopic (exact) mass is 1100 g/mol. The van der Waals surface area contributed by atoms with Crippen molar-refractivity contribution in [3.63, 3.8) is 0 Å². The van der Waals surface area contributed by atoms with Gasteiger partial charge < -0.3 is 0 Å². The Morgan fingerprint density at radius 1 is 0.359 bits per heavy atom. The average molecular weight is 1100 g/mol. The van der Waals surface area contributed by atoms with Gasteiger partial charge in [0.05, 0.1) is 0 Å². The van der Waals surface area contributed by atoms with Crippen LogP contribution in [0, 0.1) is 35.5 Å². The van der Waals surface area contributed by atoms with E-state index >= 15 is 0 Å². The van der Waals surface area contributed by atoms with Gasteiger partial charge in [0.25, 0.3) is 0 Å². The molecule has 0 bridgehead atoms. The second-order valence-corrected chi connectivity index (χ2v) is 11.4. The van der Waals surface area contributed by atoms with Gasteiger partial charge in [-0.3, -0.25) is 0 Å². The van der Waals surface area contributed by atoms with E-state index in [-0.39, 0.29) is 70.6 Å². The largest absolute Gasteiger partial charge is 0.0776 e. The van der Waals surface area contributed by atoms with Crippen LogP contribution in [-0.2, 0) is 63.2 Å². The first-order valence-corrected chi connectivity index (χ1v) is 16.7. The van der Waals surface area contributed by atoms with E-state index in [4.69, 9.17) is 0 Å². The normalized spacial score (nSPS) is 25.1. The van der Waals surface area contributed by atoms with Gasteiger partial charge in [0.1, 0.15) is 0 Å². The maximum absolute atomic E-state index is 2.36. The van der Waals surface area contributed by atoms with Crippen LogP contribution >= 0.6 is 0 Å². The fraction of sp³-hybridized carbons (Fsp3) is 1.00. The first-order chi connectivity index (χ1) is 16.7. The van der Waals surface area contributed by atoms with Gasteiger partial charge in [-0.25, -0.2) is 0 Å². The topological polar surface area (TPSA) is 0 Å². The van der Waals surface area contributed by atoms with Crippen LogP contribution in [0.5, 0.6) is 0 Å². The third-order valence-electron chi connectivity index (χ3n) is 8.29. The van der Waals surface area contributed by atoms with Gasteiger partial charge in [0.15, 0.2) is 0 Å². The summed E-state index contributed by atoms with van der Waals surface area (Å²) in [6, 6.07) is 0. The van der Waals surface area contributed by atoms with Gasteiger partial charge in [-0.15, -0.1) is 0 Å². The first kappa shape index (κ1) is 60.3. The van der Waals surface area contributed by atoms with Crippen molar-refractivity contribution in [3.8, 4) is 0 Å². The van der Waals surface area contributed by atoms with Gasteiger partial charge in [-0.05, 0) is 35.5 Å². The molecule has 0 heterocycles. The number of hydrogen-bond donors (Lipinski definition) is 0. The molecule has 0 saturated heterocycles. The van der Waals surface area contributed by atoms with E-state index in [1.807, 2.05) is 27.7 Å². The summed E-state index contributed by atoms with van der Waals surface area (Å²) in [7, 11) is 0. The SMILES string of the molecule is C.CC.CC.CC1CCCC1C.CC1CCCC1C.CC1CCCC1C.CCCCC.CCCCC.[Pt].[Pt].[Pt]. The smallest absolute Gasteiger partial charge is 0 e. The maximum atomic E-state index is 2.36. The number of unbranched alkanes of at least 4 members (excludes halogenated alkanes) is 4. The van der Waals surface area contributed by atoms with E-state index in [0.717, 1.165) is 35.5 Å². The summed E-state index contributed by atoms with van der Waals surface area (Å²) < 4.78 is 0. The van der Waals surface area contributed by atoms with Gasteiger partial charge in [-0.1, -0.05) is 201 Å². The second kappa shape index (κ2) is 49.7.